The predicted molar refractivity (Wildman–Crippen MR) is 99.9 cm³/mol. The topological polar surface area (TPSA) is 35.5 Å². The van der Waals surface area contributed by atoms with E-state index in [9.17, 15) is 4.79 Å². The molecular formula is C21H34O3. The lowest BCUT2D eigenvalue weighted by Gasteiger charge is -2.15. The minimum atomic E-state index is -0.284. The van der Waals surface area contributed by atoms with Gasteiger partial charge in [0.15, 0.2) is 0 Å². The Hall–Kier alpha value is -1.51. The minimum Gasteiger partial charge on any atom is -0.492 e. The smallest absolute Gasteiger partial charge is 0.341 e. The van der Waals surface area contributed by atoms with E-state index in [1.54, 1.807) is 0 Å². The summed E-state index contributed by atoms with van der Waals surface area (Å²) in [5.74, 6) is 0.451. The molecule has 0 aliphatic heterocycles. The van der Waals surface area contributed by atoms with Gasteiger partial charge >= 0.3 is 5.97 Å². The van der Waals surface area contributed by atoms with Crippen molar-refractivity contribution < 1.29 is 14.3 Å². The summed E-state index contributed by atoms with van der Waals surface area (Å²) in [5, 5.41) is 0. The monoisotopic (exact) mass is 334 g/mol. The molecule has 0 radical (unpaired) electrons. The van der Waals surface area contributed by atoms with E-state index < -0.39 is 0 Å². The molecule has 0 bridgehead atoms. The number of ether oxygens (including phenoxy) is 2. The van der Waals surface area contributed by atoms with Crippen LogP contribution in [0.1, 0.15) is 88.1 Å². The quantitative estimate of drug-likeness (QED) is 0.330. The molecule has 1 aromatic carbocycles. The van der Waals surface area contributed by atoms with E-state index in [0.717, 1.165) is 37.0 Å². The molecule has 0 heterocycles. The Morgan fingerprint density at radius 2 is 1.62 bits per heavy atom. The SMILES string of the molecule is CCCCCCCCOc1c(CCCC)cccc1C(=O)OCC. The highest BCUT2D eigenvalue weighted by Gasteiger charge is 2.17. The molecule has 3 heteroatoms. The molecule has 0 amide bonds. The van der Waals surface area contributed by atoms with Gasteiger partial charge in [-0.25, -0.2) is 4.79 Å². The van der Waals surface area contributed by atoms with E-state index in [1.807, 2.05) is 19.1 Å². The third-order valence-corrected chi connectivity index (χ3v) is 4.14. The maximum atomic E-state index is 12.2. The maximum absolute atomic E-state index is 12.2. The number of aryl methyl sites for hydroxylation is 1. The van der Waals surface area contributed by atoms with E-state index in [-0.39, 0.29) is 5.97 Å². The fourth-order valence-corrected chi connectivity index (χ4v) is 2.75. The van der Waals surface area contributed by atoms with E-state index in [1.165, 1.54) is 32.1 Å². The largest absolute Gasteiger partial charge is 0.492 e. The van der Waals surface area contributed by atoms with Crippen LogP contribution in [0.25, 0.3) is 0 Å². The van der Waals surface area contributed by atoms with Crippen LogP contribution in [0.4, 0.5) is 0 Å². The van der Waals surface area contributed by atoms with Gasteiger partial charge < -0.3 is 9.47 Å². The number of para-hydroxylation sites is 1. The van der Waals surface area contributed by atoms with Gasteiger partial charge in [-0.1, -0.05) is 64.5 Å². The number of rotatable bonds is 13. The molecule has 0 saturated carbocycles. The fraction of sp³-hybridized carbons (Fsp3) is 0.667. The molecular weight excluding hydrogens is 300 g/mol. The Balaban J connectivity index is 2.67. The van der Waals surface area contributed by atoms with Crippen molar-refractivity contribution in [2.24, 2.45) is 0 Å². The average Bonchev–Trinajstić information content (AvgIpc) is 2.59. The number of hydrogen-bond acceptors (Lipinski definition) is 3. The Morgan fingerprint density at radius 3 is 2.33 bits per heavy atom. The number of carbonyl (C=O) groups is 1. The summed E-state index contributed by atoms with van der Waals surface area (Å²) in [4.78, 5) is 12.2. The highest BCUT2D eigenvalue weighted by Crippen LogP contribution is 2.27. The highest BCUT2D eigenvalue weighted by molar-refractivity contribution is 5.93. The molecule has 24 heavy (non-hydrogen) atoms. The molecule has 0 saturated heterocycles. The molecule has 0 fully saturated rings. The Kier molecular flexibility index (Phi) is 11.0. The second kappa shape index (κ2) is 12.9. The van der Waals surface area contributed by atoms with Crippen LogP contribution in [0, 0.1) is 0 Å². The summed E-state index contributed by atoms with van der Waals surface area (Å²) in [6.45, 7) is 7.28. The summed E-state index contributed by atoms with van der Waals surface area (Å²) < 4.78 is 11.2. The predicted octanol–water partition coefficient (Wildman–Crippen LogP) is 5.95. The molecule has 0 unspecified atom stereocenters. The van der Waals surface area contributed by atoms with Crippen molar-refractivity contribution in [3.8, 4) is 5.75 Å². The van der Waals surface area contributed by atoms with Crippen molar-refractivity contribution in [1.29, 1.82) is 0 Å². The maximum Gasteiger partial charge on any atom is 0.341 e. The van der Waals surface area contributed by atoms with Crippen molar-refractivity contribution in [3.05, 3.63) is 29.3 Å². The minimum absolute atomic E-state index is 0.284. The van der Waals surface area contributed by atoms with Crippen LogP contribution >= 0.6 is 0 Å². The van der Waals surface area contributed by atoms with E-state index in [2.05, 4.69) is 19.9 Å². The first-order valence-corrected chi connectivity index (χ1v) is 9.66. The molecule has 1 rings (SSSR count). The zero-order valence-electron chi connectivity index (χ0n) is 15.7. The molecule has 0 aliphatic carbocycles. The molecule has 1 aromatic rings. The average molecular weight is 335 g/mol. The van der Waals surface area contributed by atoms with Gasteiger partial charge in [-0.05, 0) is 37.8 Å². The van der Waals surface area contributed by atoms with Crippen molar-refractivity contribution in [2.75, 3.05) is 13.2 Å². The third-order valence-electron chi connectivity index (χ3n) is 4.14. The second-order valence-electron chi connectivity index (χ2n) is 6.23. The van der Waals surface area contributed by atoms with Crippen molar-refractivity contribution in [1.82, 2.24) is 0 Å². The van der Waals surface area contributed by atoms with Crippen LogP contribution in [0.15, 0.2) is 18.2 Å². The molecule has 0 spiro atoms. The first kappa shape index (κ1) is 20.5. The van der Waals surface area contributed by atoms with Gasteiger partial charge in [0, 0.05) is 0 Å². The third kappa shape index (κ3) is 7.37. The van der Waals surface area contributed by atoms with Crippen molar-refractivity contribution >= 4 is 5.97 Å². The fourth-order valence-electron chi connectivity index (χ4n) is 2.75. The number of unbranched alkanes of at least 4 members (excludes halogenated alkanes) is 6. The summed E-state index contributed by atoms with van der Waals surface area (Å²) >= 11 is 0. The Morgan fingerprint density at radius 1 is 0.917 bits per heavy atom. The Labute approximate surface area is 147 Å². The number of esters is 1. The van der Waals surface area contributed by atoms with Crippen molar-refractivity contribution in [3.63, 3.8) is 0 Å². The van der Waals surface area contributed by atoms with E-state index in [0.29, 0.717) is 18.8 Å². The van der Waals surface area contributed by atoms with Gasteiger partial charge in [0.25, 0.3) is 0 Å². The summed E-state index contributed by atoms with van der Waals surface area (Å²) in [5.41, 5.74) is 1.69. The van der Waals surface area contributed by atoms with E-state index in [4.69, 9.17) is 9.47 Å². The van der Waals surface area contributed by atoms with Gasteiger partial charge in [-0.15, -0.1) is 0 Å². The van der Waals surface area contributed by atoms with Gasteiger partial charge in [-0.2, -0.15) is 0 Å². The zero-order chi connectivity index (χ0) is 17.6. The highest BCUT2D eigenvalue weighted by atomic mass is 16.5. The lowest BCUT2D eigenvalue weighted by Crippen LogP contribution is -2.10. The van der Waals surface area contributed by atoms with Crippen LogP contribution < -0.4 is 4.74 Å². The molecule has 136 valence electrons. The van der Waals surface area contributed by atoms with Gasteiger partial charge in [0.1, 0.15) is 11.3 Å². The van der Waals surface area contributed by atoms with Crippen molar-refractivity contribution in [2.45, 2.75) is 78.6 Å². The second-order valence-corrected chi connectivity index (χ2v) is 6.23. The zero-order valence-corrected chi connectivity index (χ0v) is 15.7. The Bertz CT molecular complexity index is 468. The number of hydrogen-bond donors (Lipinski definition) is 0. The number of carbonyl (C=O) groups excluding carboxylic acids is 1. The molecule has 0 atom stereocenters. The van der Waals surface area contributed by atoms with E-state index >= 15 is 0 Å². The normalized spacial score (nSPS) is 10.6. The number of benzene rings is 1. The summed E-state index contributed by atoms with van der Waals surface area (Å²) in [6.07, 6.45) is 10.5. The molecule has 0 N–H and O–H groups in total. The van der Waals surface area contributed by atoms with Gasteiger partial charge in [-0.3, -0.25) is 0 Å². The lowest BCUT2D eigenvalue weighted by molar-refractivity contribution is 0.0521. The molecule has 0 aromatic heterocycles. The van der Waals surface area contributed by atoms with Crippen LogP contribution in [-0.4, -0.2) is 19.2 Å². The first-order valence-electron chi connectivity index (χ1n) is 9.66. The summed E-state index contributed by atoms with van der Waals surface area (Å²) in [7, 11) is 0. The first-order chi connectivity index (χ1) is 11.7. The molecule has 0 aliphatic rings. The summed E-state index contributed by atoms with van der Waals surface area (Å²) in [6, 6.07) is 5.80. The van der Waals surface area contributed by atoms with Crippen LogP contribution in [0.5, 0.6) is 5.75 Å². The van der Waals surface area contributed by atoms with Gasteiger partial charge in [0.05, 0.1) is 13.2 Å². The lowest BCUT2D eigenvalue weighted by atomic mass is 10.0. The van der Waals surface area contributed by atoms with Crippen LogP contribution in [-0.2, 0) is 11.2 Å². The molecule has 3 nitrogen and oxygen atoms in total. The standard InChI is InChI=1S/C21H34O3/c1-4-7-9-10-11-12-17-24-20-18(14-8-5-2)15-13-16-19(20)21(22)23-6-3/h13,15-16H,4-12,14,17H2,1-3H3. The van der Waals surface area contributed by atoms with Gasteiger partial charge in [0.2, 0.25) is 0 Å². The van der Waals surface area contributed by atoms with Crippen LogP contribution in [0.2, 0.25) is 0 Å². The van der Waals surface area contributed by atoms with Crippen LogP contribution in [0.3, 0.4) is 0 Å².